The number of carbonyl (C=O) groups excluding carboxylic acids is 2. The van der Waals surface area contributed by atoms with Crippen LogP contribution in [0.2, 0.25) is 0 Å². The van der Waals surface area contributed by atoms with Crippen molar-refractivity contribution in [1.29, 1.82) is 0 Å². The van der Waals surface area contributed by atoms with Gasteiger partial charge in [0, 0.05) is 30.0 Å². The normalized spacial score (nSPS) is 36.6. The van der Waals surface area contributed by atoms with Gasteiger partial charge in [-0.1, -0.05) is 30.4 Å². The molecular weight excluding hydrogens is 226 g/mol. The maximum absolute atomic E-state index is 12.5. The lowest BCUT2D eigenvalue weighted by Gasteiger charge is -2.18. The van der Waals surface area contributed by atoms with Gasteiger partial charge >= 0.3 is 0 Å². The average molecular weight is 239 g/mol. The zero-order valence-electron chi connectivity index (χ0n) is 9.82. The second-order valence-corrected chi connectivity index (χ2v) is 5.31. The molecule has 90 valence electrons. The first-order valence-electron chi connectivity index (χ1n) is 6.36. The van der Waals surface area contributed by atoms with Gasteiger partial charge in [0.25, 0.3) is 0 Å². The van der Waals surface area contributed by atoms with Crippen LogP contribution >= 0.6 is 0 Å². The molecule has 1 heterocycles. The largest absolute Gasteiger partial charge is 0.312 e. The summed E-state index contributed by atoms with van der Waals surface area (Å²) in [6.45, 7) is 0.685. The molecule has 3 nitrogen and oxygen atoms in total. The summed E-state index contributed by atoms with van der Waals surface area (Å²) in [6, 6.07) is 9.73. The molecule has 1 aromatic rings. The average Bonchev–Trinajstić information content (AvgIpc) is 3.01. The second kappa shape index (κ2) is 3.31. The lowest BCUT2D eigenvalue weighted by molar-refractivity contribution is -0.126. The molecule has 1 aromatic carbocycles. The maximum atomic E-state index is 12.5. The molecule has 4 atom stereocenters. The first kappa shape index (κ1) is 10.1. The molecule has 3 aliphatic rings. The fourth-order valence-electron chi connectivity index (χ4n) is 3.68. The molecule has 1 saturated carbocycles. The predicted molar refractivity (Wildman–Crippen MR) is 66.9 cm³/mol. The van der Waals surface area contributed by atoms with Crippen LogP contribution in [0.15, 0.2) is 42.5 Å². The van der Waals surface area contributed by atoms with Crippen molar-refractivity contribution < 1.29 is 9.59 Å². The Morgan fingerprint density at radius 1 is 1.00 bits per heavy atom. The van der Waals surface area contributed by atoms with Crippen molar-refractivity contribution in [3.8, 4) is 0 Å². The van der Waals surface area contributed by atoms with Crippen molar-refractivity contribution in [3.63, 3.8) is 0 Å². The van der Waals surface area contributed by atoms with Crippen LogP contribution in [0.3, 0.4) is 0 Å². The molecule has 2 aliphatic carbocycles. The Balaban J connectivity index is 1.71. The maximum Gasteiger partial charge on any atom is 0.231 e. The minimum Gasteiger partial charge on any atom is -0.312 e. The molecule has 0 N–H and O–H groups in total. The lowest BCUT2D eigenvalue weighted by Crippen LogP contribution is -2.30. The van der Waals surface area contributed by atoms with E-state index in [1.165, 1.54) is 0 Å². The van der Waals surface area contributed by atoms with Gasteiger partial charge < -0.3 is 4.90 Å². The topological polar surface area (TPSA) is 37.4 Å². The van der Waals surface area contributed by atoms with Gasteiger partial charge in [0.2, 0.25) is 5.91 Å². The summed E-state index contributed by atoms with van der Waals surface area (Å²) >= 11 is 0. The Hall–Kier alpha value is -1.90. The number of nitrogens with zero attached hydrogens (tertiary/aromatic N) is 1. The van der Waals surface area contributed by atoms with E-state index in [9.17, 15) is 9.59 Å². The highest BCUT2D eigenvalue weighted by Crippen LogP contribution is 2.50. The highest BCUT2D eigenvalue weighted by molar-refractivity contribution is 6.06. The van der Waals surface area contributed by atoms with Crippen molar-refractivity contribution in [2.75, 3.05) is 11.4 Å². The summed E-state index contributed by atoms with van der Waals surface area (Å²) < 4.78 is 0. The van der Waals surface area contributed by atoms with Gasteiger partial charge in [0.1, 0.15) is 5.78 Å². The summed E-state index contributed by atoms with van der Waals surface area (Å²) in [5, 5.41) is 0. The van der Waals surface area contributed by atoms with E-state index in [1.54, 1.807) is 0 Å². The first-order chi connectivity index (χ1) is 8.77. The monoisotopic (exact) mass is 239 g/mol. The molecule has 0 spiro atoms. The van der Waals surface area contributed by atoms with E-state index < -0.39 is 0 Å². The van der Waals surface area contributed by atoms with Gasteiger partial charge in [-0.2, -0.15) is 0 Å². The zero-order valence-corrected chi connectivity index (χ0v) is 9.82. The van der Waals surface area contributed by atoms with Gasteiger partial charge in [-0.15, -0.1) is 0 Å². The molecule has 3 heteroatoms. The number of benzene rings is 1. The molecule has 0 radical (unpaired) electrons. The lowest BCUT2D eigenvalue weighted by atomic mass is 9.86. The Labute approximate surface area is 105 Å². The Bertz CT molecular complexity index is 563. The number of carbonyl (C=O) groups is 2. The van der Waals surface area contributed by atoms with Gasteiger partial charge in [0.15, 0.2) is 0 Å². The Kier molecular flexibility index (Phi) is 1.85. The van der Waals surface area contributed by atoms with Crippen LogP contribution < -0.4 is 4.90 Å². The standard InChI is InChI=1S/C15H13NO2/c17-14-10-6-7-11(14)13-12(10)8-16(15(13)18)9-4-2-1-3-5-9/h1-7,10-13H,8H2. The molecule has 2 bridgehead atoms. The number of hydrogen-bond acceptors (Lipinski definition) is 2. The second-order valence-electron chi connectivity index (χ2n) is 5.31. The molecule has 0 aromatic heterocycles. The van der Waals surface area contributed by atoms with Crippen LogP contribution in [0.5, 0.6) is 0 Å². The number of rotatable bonds is 1. The molecule has 2 fully saturated rings. The van der Waals surface area contributed by atoms with Crippen molar-refractivity contribution >= 4 is 17.4 Å². The molecule has 4 unspecified atom stereocenters. The van der Waals surface area contributed by atoms with E-state index in [2.05, 4.69) is 0 Å². The van der Waals surface area contributed by atoms with Crippen LogP contribution in [0.25, 0.3) is 0 Å². The fraction of sp³-hybridized carbons (Fsp3) is 0.333. The highest BCUT2D eigenvalue weighted by Gasteiger charge is 2.59. The summed E-state index contributed by atoms with van der Waals surface area (Å²) in [7, 11) is 0. The van der Waals surface area contributed by atoms with Crippen LogP contribution in [0.4, 0.5) is 5.69 Å². The molecule has 1 aliphatic heterocycles. The minimum absolute atomic E-state index is 0.0161. The molecular formula is C15H13NO2. The number of ketones is 1. The third-order valence-corrected chi connectivity index (χ3v) is 4.50. The van der Waals surface area contributed by atoms with Crippen LogP contribution in [-0.4, -0.2) is 18.2 Å². The van der Waals surface area contributed by atoms with E-state index in [0.717, 1.165) is 5.69 Å². The van der Waals surface area contributed by atoms with E-state index in [0.29, 0.717) is 6.54 Å². The molecule has 1 amide bonds. The van der Waals surface area contributed by atoms with E-state index in [1.807, 2.05) is 47.4 Å². The number of Topliss-reactive ketones (excluding diaryl/α,β-unsaturated/α-hetero) is 1. The quantitative estimate of drug-likeness (QED) is 0.699. The van der Waals surface area contributed by atoms with Gasteiger partial charge in [-0.05, 0) is 12.1 Å². The fourth-order valence-corrected chi connectivity index (χ4v) is 3.68. The minimum atomic E-state index is -0.152. The third-order valence-electron chi connectivity index (χ3n) is 4.50. The number of allylic oxidation sites excluding steroid dienone is 2. The predicted octanol–water partition coefficient (Wildman–Crippen LogP) is 1.65. The summed E-state index contributed by atoms with van der Waals surface area (Å²) in [5.74, 6) is 0.300. The number of anilines is 1. The molecule has 1 saturated heterocycles. The van der Waals surface area contributed by atoms with E-state index in [4.69, 9.17) is 0 Å². The molecule has 4 rings (SSSR count). The Morgan fingerprint density at radius 3 is 2.44 bits per heavy atom. The number of hydrogen-bond donors (Lipinski definition) is 0. The van der Waals surface area contributed by atoms with E-state index >= 15 is 0 Å². The van der Waals surface area contributed by atoms with Crippen molar-refractivity contribution in [2.24, 2.45) is 23.7 Å². The summed E-state index contributed by atoms with van der Waals surface area (Å²) in [4.78, 5) is 26.2. The van der Waals surface area contributed by atoms with Crippen molar-refractivity contribution in [1.82, 2.24) is 0 Å². The Morgan fingerprint density at radius 2 is 1.72 bits per heavy atom. The number of para-hydroxylation sites is 1. The van der Waals surface area contributed by atoms with Gasteiger partial charge in [-0.25, -0.2) is 0 Å². The smallest absolute Gasteiger partial charge is 0.231 e. The SMILES string of the molecule is O=C1C2C=CC1C1C(=O)N(c3ccccc3)CC21. The highest BCUT2D eigenvalue weighted by atomic mass is 16.2. The summed E-state index contributed by atoms with van der Waals surface area (Å²) in [6.07, 6.45) is 3.93. The zero-order chi connectivity index (χ0) is 12.3. The van der Waals surface area contributed by atoms with Crippen molar-refractivity contribution in [2.45, 2.75) is 0 Å². The van der Waals surface area contributed by atoms with Crippen LogP contribution in [0, 0.1) is 23.7 Å². The van der Waals surface area contributed by atoms with E-state index in [-0.39, 0.29) is 35.4 Å². The van der Waals surface area contributed by atoms with Crippen LogP contribution in [0.1, 0.15) is 0 Å². The first-order valence-corrected chi connectivity index (χ1v) is 6.36. The van der Waals surface area contributed by atoms with Gasteiger partial charge in [-0.3, -0.25) is 9.59 Å². The van der Waals surface area contributed by atoms with Crippen molar-refractivity contribution in [3.05, 3.63) is 42.5 Å². The summed E-state index contributed by atoms with van der Waals surface area (Å²) in [5.41, 5.74) is 0.948. The number of amides is 1. The van der Waals surface area contributed by atoms with Gasteiger partial charge in [0.05, 0.1) is 5.92 Å². The third kappa shape index (κ3) is 1.09. The van der Waals surface area contributed by atoms with Crippen LogP contribution in [-0.2, 0) is 9.59 Å². The number of fused-ring (bicyclic) bond motifs is 5. The molecule has 18 heavy (non-hydrogen) atoms.